The molecule has 1 amide bonds. The topological polar surface area (TPSA) is 59.9 Å². The largest absolute Gasteiger partial charge is 0.493 e. The van der Waals surface area contributed by atoms with Crippen molar-refractivity contribution in [2.45, 2.75) is 20.3 Å². The average molecular weight is 405 g/mol. The number of hydrogen-bond acceptors (Lipinski definition) is 4. The number of ether oxygens (including phenoxy) is 1. The first-order chi connectivity index (χ1) is 12.1. The fourth-order valence-electron chi connectivity index (χ4n) is 1.99. The van der Waals surface area contributed by atoms with Crippen LogP contribution in [0.2, 0.25) is 0 Å². The summed E-state index contributed by atoms with van der Waals surface area (Å²) in [6.07, 6.45) is 2.46. The molecule has 0 aliphatic heterocycles. The van der Waals surface area contributed by atoms with Gasteiger partial charge in [-0.2, -0.15) is 0 Å². The van der Waals surface area contributed by atoms with Crippen molar-refractivity contribution in [2.24, 2.45) is 5.16 Å². The highest BCUT2D eigenvalue weighted by molar-refractivity contribution is 9.10. The van der Waals surface area contributed by atoms with E-state index in [9.17, 15) is 4.79 Å². The van der Waals surface area contributed by atoms with Crippen molar-refractivity contribution in [3.63, 3.8) is 0 Å². The number of aryl methyl sites for hydroxylation is 1. The van der Waals surface area contributed by atoms with Gasteiger partial charge in [0.1, 0.15) is 5.75 Å². The molecular weight excluding hydrogens is 384 g/mol. The van der Waals surface area contributed by atoms with Gasteiger partial charge in [-0.1, -0.05) is 45.7 Å². The zero-order chi connectivity index (χ0) is 18.1. The highest BCUT2D eigenvalue weighted by atomic mass is 79.9. The Balaban J connectivity index is 1.87. The first-order valence-corrected chi connectivity index (χ1v) is 8.82. The number of carbonyl (C=O) groups is 1. The lowest BCUT2D eigenvalue weighted by Gasteiger charge is -2.08. The predicted octanol–water partition coefficient (Wildman–Crippen LogP) is 4.54. The van der Waals surface area contributed by atoms with Gasteiger partial charge in [-0.15, -0.1) is 0 Å². The van der Waals surface area contributed by atoms with E-state index in [-0.39, 0.29) is 12.5 Å². The van der Waals surface area contributed by atoms with Crippen molar-refractivity contribution in [3.8, 4) is 5.75 Å². The summed E-state index contributed by atoms with van der Waals surface area (Å²) in [5.41, 5.74) is 2.64. The van der Waals surface area contributed by atoms with Crippen LogP contribution in [0.15, 0.2) is 52.1 Å². The lowest BCUT2D eigenvalue weighted by molar-refractivity contribution is -0.120. The lowest BCUT2D eigenvalue weighted by atomic mass is 10.2. The molecular formula is C19H21BrN2O3. The quantitative estimate of drug-likeness (QED) is 0.518. The van der Waals surface area contributed by atoms with Gasteiger partial charge in [-0.3, -0.25) is 4.79 Å². The molecule has 0 aliphatic carbocycles. The SMILES string of the molecule is CCCOc1ccc(Br)cc1/C=N/OCC(=O)Nc1ccc(C)cc1. The molecule has 0 fully saturated rings. The van der Waals surface area contributed by atoms with Gasteiger partial charge < -0.3 is 14.9 Å². The Morgan fingerprint density at radius 1 is 1.24 bits per heavy atom. The highest BCUT2D eigenvalue weighted by Crippen LogP contribution is 2.22. The maximum absolute atomic E-state index is 11.8. The number of carbonyl (C=O) groups excluding carboxylic acids is 1. The molecule has 1 N–H and O–H groups in total. The van der Waals surface area contributed by atoms with Crippen molar-refractivity contribution in [3.05, 3.63) is 58.1 Å². The Morgan fingerprint density at radius 3 is 2.72 bits per heavy atom. The molecule has 0 heterocycles. The van der Waals surface area contributed by atoms with Crippen molar-refractivity contribution in [1.82, 2.24) is 0 Å². The Morgan fingerprint density at radius 2 is 2.00 bits per heavy atom. The molecule has 2 rings (SSSR count). The third kappa shape index (κ3) is 6.58. The molecule has 2 aromatic carbocycles. The maximum Gasteiger partial charge on any atom is 0.265 e. The Labute approximate surface area is 156 Å². The van der Waals surface area contributed by atoms with Gasteiger partial charge >= 0.3 is 0 Å². The molecule has 0 aromatic heterocycles. The van der Waals surface area contributed by atoms with Crippen molar-refractivity contribution in [2.75, 3.05) is 18.5 Å². The Kier molecular flexibility index (Phi) is 7.47. The number of hydrogen-bond donors (Lipinski definition) is 1. The number of benzene rings is 2. The average Bonchev–Trinajstić information content (AvgIpc) is 2.60. The molecule has 2 aromatic rings. The number of nitrogens with zero attached hydrogens (tertiary/aromatic N) is 1. The van der Waals surface area contributed by atoms with Gasteiger partial charge in [-0.25, -0.2) is 0 Å². The van der Waals surface area contributed by atoms with Crippen LogP contribution in [0.5, 0.6) is 5.75 Å². The molecule has 0 unspecified atom stereocenters. The smallest absolute Gasteiger partial charge is 0.265 e. The van der Waals surface area contributed by atoms with E-state index in [2.05, 4.69) is 26.4 Å². The second-order valence-corrected chi connectivity index (χ2v) is 6.37. The van der Waals surface area contributed by atoms with Gasteiger partial charge in [0.05, 0.1) is 12.8 Å². The lowest BCUT2D eigenvalue weighted by Crippen LogP contribution is -2.16. The van der Waals surface area contributed by atoms with E-state index in [0.717, 1.165) is 33.5 Å². The fourth-order valence-corrected chi connectivity index (χ4v) is 2.37. The summed E-state index contributed by atoms with van der Waals surface area (Å²) in [6, 6.07) is 13.2. The van der Waals surface area contributed by atoms with E-state index in [0.29, 0.717) is 6.61 Å². The van der Waals surface area contributed by atoms with Gasteiger partial charge in [-0.05, 0) is 43.7 Å². The number of oxime groups is 1. The van der Waals surface area contributed by atoms with Crippen LogP contribution in [0.4, 0.5) is 5.69 Å². The third-order valence-corrected chi connectivity index (χ3v) is 3.72. The van der Waals surface area contributed by atoms with Crippen LogP contribution >= 0.6 is 15.9 Å². The molecule has 0 atom stereocenters. The molecule has 0 bridgehead atoms. The first kappa shape index (κ1) is 19.0. The van der Waals surface area contributed by atoms with Crippen molar-refractivity contribution < 1.29 is 14.4 Å². The summed E-state index contributed by atoms with van der Waals surface area (Å²) in [6.45, 7) is 4.50. The molecule has 6 heteroatoms. The minimum atomic E-state index is -0.266. The normalized spacial score (nSPS) is 10.7. The fraction of sp³-hybridized carbons (Fsp3) is 0.263. The van der Waals surface area contributed by atoms with Crippen LogP contribution in [-0.4, -0.2) is 25.3 Å². The summed E-state index contributed by atoms with van der Waals surface area (Å²) in [4.78, 5) is 16.9. The highest BCUT2D eigenvalue weighted by Gasteiger charge is 2.04. The van der Waals surface area contributed by atoms with Crippen LogP contribution in [0, 0.1) is 6.92 Å². The molecule has 0 saturated carbocycles. The number of rotatable bonds is 8. The van der Waals surface area contributed by atoms with Gasteiger partial charge in [0.25, 0.3) is 5.91 Å². The number of halogens is 1. The minimum Gasteiger partial charge on any atom is -0.493 e. The van der Waals surface area contributed by atoms with E-state index in [1.807, 2.05) is 56.3 Å². The van der Waals surface area contributed by atoms with Crippen LogP contribution in [0.1, 0.15) is 24.5 Å². The Bertz CT molecular complexity index is 730. The van der Waals surface area contributed by atoms with E-state index in [1.165, 1.54) is 6.21 Å². The van der Waals surface area contributed by atoms with Crippen molar-refractivity contribution >= 4 is 33.7 Å². The van der Waals surface area contributed by atoms with E-state index >= 15 is 0 Å². The van der Waals surface area contributed by atoms with Crippen LogP contribution < -0.4 is 10.1 Å². The van der Waals surface area contributed by atoms with Gasteiger partial charge in [0.2, 0.25) is 0 Å². The molecule has 0 spiro atoms. The third-order valence-electron chi connectivity index (χ3n) is 3.23. The molecule has 0 radical (unpaired) electrons. The summed E-state index contributed by atoms with van der Waals surface area (Å²) in [5, 5.41) is 6.61. The molecule has 25 heavy (non-hydrogen) atoms. The second kappa shape index (κ2) is 9.84. The Hall–Kier alpha value is -2.34. The summed E-state index contributed by atoms with van der Waals surface area (Å²) < 4.78 is 6.57. The van der Waals surface area contributed by atoms with Crippen LogP contribution in [0.25, 0.3) is 0 Å². The minimum absolute atomic E-state index is 0.163. The van der Waals surface area contributed by atoms with Crippen LogP contribution in [0.3, 0.4) is 0 Å². The van der Waals surface area contributed by atoms with E-state index in [1.54, 1.807) is 0 Å². The van der Waals surface area contributed by atoms with Crippen molar-refractivity contribution in [1.29, 1.82) is 0 Å². The maximum atomic E-state index is 11.8. The predicted molar refractivity (Wildman–Crippen MR) is 103 cm³/mol. The zero-order valence-corrected chi connectivity index (χ0v) is 15.9. The number of anilines is 1. The zero-order valence-electron chi connectivity index (χ0n) is 14.3. The van der Waals surface area contributed by atoms with Gasteiger partial charge in [0, 0.05) is 15.7 Å². The molecule has 0 saturated heterocycles. The summed E-state index contributed by atoms with van der Waals surface area (Å²) in [7, 11) is 0. The van der Waals surface area contributed by atoms with Gasteiger partial charge in [0.15, 0.2) is 6.61 Å². The number of amides is 1. The molecule has 0 aliphatic rings. The van der Waals surface area contributed by atoms with Crippen LogP contribution in [-0.2, 0) is 9.63 Å². The summed E-state index contributed by atoms with van der Waals surface area (Å²) >= 11 is 3.42. The molecule has 132 valence electrons. The molecule has 5 nitrogen and oxygen atoms in total. The first-order valence-electron chi connectivity index (χ1n) is 8.02. The standard InChI is InChI=1S/C19H21BrN2O3/c1-3-10-24-18-9-6-16(20)11-15(18)12-21-25-13-19(23)22-17-7-4-14(2)5-8-17/h4-9,11-12H,3,10,13H2,1-2H3,(H,22,23)/b21-12+. The second-order valence-electron chi connectivity index (χ2n) is 5.45. The van der Waals surface area contributed by atoms with E-state index < -0.39 is 0 Å². The van der Waals surface area contributed by atoms with E-state index in [4.69, 9.17) is 9.57 Å². The monoisotopic (exact) mass is 404 g/mol. The summed E-state index contributed by atoms with van der Waals surface area (Å²) in [5.74, 6) is 0.458. The number of nitrogens with one attached hydrogen (secondary N) is 1.